The fourth-order valence-corrected chi connectivity index (χ4v) is 7.27. The topological polar surface area (TPSA) is 174 Å². The van der Waals surface area contributed by atoms with E-state index in [1.807, 2.05) is 18.2 Å². The average Bonchev–Trinajstić information content (AvgIpc) is 2.97. The van der Waals surface area contributed by atoms with Crippen molar-refractivity contribution < 1.29 is 39.5 Å². The number of aromatic hydroxyl groups is 1. The predicted molar refractivity (Wildman–Crippen MR) is 162 cm³/mol. The number of rotatable bonds is 8. The minimum absolute atomic E-state index is 0.0139. The molecule has 234 valence electrons. The van der Waals surface area contributed by atoms with Gasteiger partial charge in [0.2, 0.25) is 5.78 Å². The van der Waals surface area contributed by atoms with Gasteiger partial charge in [-0.1, -0.05) is 26.0 Å². The van der Waals surface area contributed by atoms with Gasteiger partial charge in [0.25, 0.3) is 5.91 Å². The SMILES string of the molecule is CCN(CC)Cc1ccc(OC)c(-c2ccc(O)c3c2C[C@H]2C[C@H]4[C@@H](N(C)C)C(O)=C(C(N)=O)C(=O)[C@@]4(O)C(O)=C2C3=O)c1. The van der Waals surface area contributed by atoms with Crippen molar-refractivity contribution in [2.45, 2.75) is 44.9 Å². The number of carbonyl (C=O) groups excluding carboxylic acids is 3. The molecule has 44 heavy (non-hydrogen) atoms. The van der Waals surface area contributed by atoms with Gasteiger partial charge in [0.15, 0.2) is 11.4 Å². The van der Waals surface area contributed by atoms with Gasteiger partial charge in [0.05, 0.1) is 18.7 Å². The van der Waals surface area contributed by atoms with Crippen molar-refractivity contribution in [3.63, 3.8) is 0 Å². The normalized spacial score (nSPS) is 24.9. The quantitative estimate of drug-likeness (QED) is 0.282. The first kappa shape index (κ1) is 31.2. The van der Waals surface area contributed by atoms with Crippen LogP contribution < -0.4 is 10.5 Å². The molecular weight excluding hydrogens is 566 g/mol. The van der Waals surface area contributed by atoms with Gasteiger partial charge in [-0.25, -0.2) is 0 Å². The molecule has 0 saturated carbocycles. The van der Waals surface area contributed by atoms with E-state index in [4.69, 9.17) is 10.5 Å². The lowest BCUT2D eigenvalue weighted by Gasteiger charge is -2.50. The molecule has 11 heteroatoms. The lowest BCUT2D eigenvalue weighted by atomic mass is 9.58. The van der Waals surface area contributed by atoms with Crippen LogP contribution in [0.3, 0.4) is 0 Å². The summed E-state index contributed by atoms with van der Waals surface area (Å²) in [5.41, 5.74) is 4.65. The number of amides is 1. The lowest BCUT2D eigenvalue weighted by molar-refractivity contribution is -0.148. The summed E-state index contributed by atoms with van der Waals surface area (Å²) in [6, 6.07) is 7.95. The maximum Gasteiger partial charge on any atom is 0.255 e. The molecule has 1 amide bonds. The lowest BCUT2D eigenvalue weighted by Crippen LogP contribution is -2.63. The number of fused-ring (bicyclic) bond motifs is 3. The number of nitrogens with zero attached hydrogens (tertiary/aromatic N) is 2. The maximum absolute atomic E-state index is 14.1. The molecule has 0 aliphatic heterocycles. The second kappa shape index (κ2) is 11.4. The molecule has 0 aromatic heterocycles. The van der Waals surface area contributed by atoms with E-state index in [1.54, 1.807) is 27.3 Å². The maximum atomic E-state index is 14.1. The number of hydrogen-bond acceptors (Lipinski definition) is 10. The Morgan fingerprint density at radius 2 is 1.75 bits per heavy atom. The summed E-state index contributed by atoms with van der Waals surface area (Å²) in [4.78, 5) is 43.6. The van der Waals surface area contributed by atoms with Gasteiger partial charge in [-0.15, -0.1) is 0 Å². The number of nitrogens with two attached hydrogens (primary N) is 1. The first-order valence-electron chi connectivity index (χ1n) is 14.7. The molecule has 3 aliphatic carbocycles. The number of ketones is 2. The Labute approximate surface area is 255 Å². The molecule has 3 aliphatic rings. The van der Waals surface area contributed by atoms with Gasteiger partial charge in [-0.2, -0.15) is 0 Å². The summed E-state index contributed by atoms with van der Waals surface area (Å²) in [5, 5.41) is 45.3. The third-order valence-corrected chi connectivity index (χ3v) is 9.46. The first-order chi connectivity index (χ1) is 20.8. The minimum atomic E-state index is -2.68. The second-order valence-electron chi connectivity index (χ2n) is 11.9. The number of phenolic OH excluding ortho intramolecular Hbond substituents is 1. The van der Waals surface area contributed by atoms with Crippen LogP contribution >= 0.6 is 0 Å². The molecular formula is C33H39N3O8. The molecule has 0 heterocycles. The number of Topliss-reactive ketones (excluding diaryl/α,β-unsaturated/α-hetero) is 2. The van der Waals surface area contributed by atoms with Crippen molar-refractivity contribution in [1.29, 1.82) is 0 Å². The Bertz CT molecular complexity index is 1620. The molecule has 5 rings (SSSR count). The minimum Gasteiger partial charge on any atom is -0.510 e. The van der Waals surface area contributed by atoms with Gasteiger partial charge in [0, 0.05) is 23.6 Å². The molecule has 6 N–H and O–H groups in total. The number of hydrogen-bond donors (Lipinski definition) is 5. The number of benzene rings is 2. The number of likely N-dealkylation sites (N-methyl/N-ethyl adjacent to an activating group) is 1. The van der Waals surface area contributed by atoms with Crippen LogP contribution in [0.4, 0.5) is 0 Å². The number of ether oxygens (including phenoxy) is 1. The summed E-state index contributed by atoms with van der Waals surface area (Å²) >= 11 is 0. The van der Waals surface area contributed by atoms with Crippen LogP contribution in [0.2, 0.25) is 0 Å². The van der Waals surface area contributed by atoms with Crippen LogP contribution in [-0.4, -0.2) is 93.6 Å². The van der Waals surface area contributed by atoms with Crippen LogP contribution in [0, 0.1) is 11.8 Å². The number of methoxy groups -OCH3 is 1. The molecule has 0 radical (unpaired) electrons. The molecule has 0 unspecified atom stereocenters. The zero-order chi connectivity index (χ0) is 32.2. The first-order valence-corrected chi connectivity index (χ1v) is 14.7. The highest BCUT2D eigenvalue weighted by Gasteiger charge is 2.63. The Kier molecular flexibility index (Phi) is 8.08. The fourth-order valence-electron chi connectivity index (χ4n) is 7.27. The van der Waals surface area contributed by atoms with Crippen molar-refractivity contribution in [2.75, 3.05) is 34.3 Å². The molecule has 0 saturated heterocycles. The highest BCUT2D eigenvalue weighted by atomic mass is 16.5. The Morgan fingerprint density at radius 1 is 1.07 bits per heavy atom. The van der Waals surface area contributed by atoms with E-state index in [0.717, 1.165) is 24.2 Å². The molecule has 11 nitrogen and oxygen atoms in total. The third kappa shape index (κ3) is 4.58. The second-order valence-corrected chi connectivity index (χ2v) is 11.9. The van der Waals surface area contributed by atoms with E-state index in [1.165, 1.54) is 11.0 Å². The van der Waals surface area contributed by atoms with Crippen molar-refractivity contribution in [3.8, 4) is 22.6 Å². The number of phenols is 1. The number of aliphatic hydroxyl groups excluding tert-OH is 2. The van der Waals surface area contributed by atoms with E-state index < -0.39 is 58.0 Å². The third-order valence-electron chi connectivity index (χ3n) is 9.46. The van der Waals surface area contributed by atoms with Crippen molar-refractivity contribution >= 4 is 17.5 Å². The summed E-state index contributed by atoms with van der Waals surface area (Å²) in [6.07, 6.45) is 0.196. The molecule has 0 fully saturated rings. The molecule has 2 aromatic rings. The van der Waals surface area contributed by atoms with Crippen molar-refractivity contribution in [2.24, 2.45) is 17.6 Å². The summed E-state index contributed by atoms with van der Waals surface area (Å²) < 4.78 is 5.70. The molecule has 0 spiro atoms. The van der Waals surface area contributed by atoms with E-state index in [9.17, 15) is 34.8 Å². The van der Waals surface area contributed by atoms with Crippen LogP contribution in [0.5, 0.6) is 11.5 Å². The van der Waals surface area contributed by atoms with Gasteiger partial charge >= 0.3 is 0 Å². The Morgan fingerprint density at radius 3 is 2.34 bits per heavy atom. The zero-order valence-corrected chi connectivity index (χ0v) is 25.5. The van der Waals surface area contributed by atoms with E-state index in [-0.39, 0.29) is 29.7 Å². The predicted octanol–water partition coefficient (Wildman–Crippen LogP) is 2.64. The van der Waals surface area contributed by atoms with Gasteiger partial charge in [-0.3, -0.25) is 24.2 Å². The highest BCUT2D eigenvalue weighted by Crippen LogP contribution is 2.53. The number of aliphatic hydroxyl groups is 3. The Balaban J connectivity index is 1.69. The molecule has 4 atom stereocenters. The number of allylic oxidation sites excluding steroid dienone is 1. The van der Waals surface area contributed by atoms with Crippen LogP contribution in [0.25, 0.3) is 11.1 Å². The number of carbonyl (C=O) groups is 3. The van der Waals surface area contributed by atoms with E-state index in [2.05, 4.69) is 18.7 Å². The zero-order valence-electron chi connectivity index (χ0n) is 25.5. The van der Waals surface area contributed by atoms with Crippen LogP contribution in [0.15, 0.2) is 53.0 Å². The summed E-state index contributed by atoms with van der Waals surface area (Å²) in [7, 11) is 4.76. The van der Waals surface area contributed by atoms with E-state index in [0.29, 0.717) is 23.4 Å². The van der Waals surface area contributed by atoms with Crippen molar-refractivity contribution in [3.05, 3.63) is 69.7 Å². The largest absolute Gasteiger partial charge is 0.510 e. The van der Waals surface area contributed by atoms with Gasteiger partial charge < -0.3 is 30.9 Å². The van der Waals surface area contributed by atoms with E-state index >= 15 is 0 Å². The Hall–Kier alpha value is -4.19. The van der Waals surface area contributed by atoms with Crippen LogP contribution in [-0.2, 0) is 22.6 Å². The van der Waals surface area contributed by atoms with Gasteiger partial charge in [-0.05, 0) is 80.8 Å². The summed E-state index contributed by atoms with van der Waals surface area (Å²) in [6.45, 7) is 6.63. The van der Waals surface area contributed by atoms with Crippen LogP contribution in [0.1, 0.15) is 41.8 Å². The summed E-state index contributed by atoms with van der Waals surface area (Å²) in [5.74, 6) is -6.24. The van der Waals surface area contributed by atoms with Gasteiger partial charge in [0.1, 0.15) is 28.6 Å². The molecule has 0 bridgehead atoms. The smallest absolute Gasteiger partial charge is 0.255 e. The standard InChI is InChI=1S/C33H39N3O8/c1-6-36(7-2)15-16-8-11-23(44-5)19(12-16)18-9-10-22(37)25-20(18)13-17-14-21-27(35(3)4)29(39)26(32(34)42)31(41)33(21,43)30(40)24(17)28(25)38/h8-12,17,21,27,37,39-40,43H,6-7,13-15H2,1-5H3,(H2,34,42)/t17-,21-,27+,33-/m0/s1. The van der Waals surface area contributed by atoms with Crippen molar-refractivity contribution in [1.82, 2.24) is 9.80 Å². The highest BCUT2D eigenvalue weighted by molar-refractivity contribution is 6.25. The number of primary amides is 1. The fraction of sp³-hybridized carbons (Fsp3) is 0.424. The monoisotopic (exact) mass is 605 g/mol. The molecule has 2 aromatic carbocycles. The average molecular weight is 606 g/mol.